The van der Waals surface area contributed by atoms with E-state index >= 15 is 0 Å². The number of aromatic hydroxyl groups is 2. The molecule has 0 bridgehead atoms. The number of nitrogens with one attached hydrogen (secondary N) is 1. The van der Waals surface area contributed by atoms with Crippen LogP contribution in [0.15, 0.2) is 79.3 Å². The lowest BCUT2D eigenvalue weighted by molar-refractivity contribution is 0.102. The maximum Gasteiger partial charge on any atom is 0.257 e. The maximum atomic E-state index is 12.2. The van der Waals surface area contributed by atoms with Crippen LogP contribution in [-0.2, 0) is 0 Å². The van der Waals surface area contributed by atoms with Gasteiger partial charge in [-0.3, -0.25) is 9.78 Å². The summed E-state index contributed by atoms with van der Waals surface area (Å²) >= 11 is 0. The molecule has 3 N–H and O–H groups in total. The van der Waals surface area contributed by atoms with Crippen molar-refractivity contribution in [3.05, 3.63) is 84.8 Å². The van der Waals surface area contributed by atoms with Gasteiger partial charge < -0.3 is 15.5 Å². The van der Waals surface area contributed by atoms with Crippen LogP contribution in [0, 0.1) is 0 Å². The first-order valence-electron chi connectivity index (χ1n) is 8.50. The largest absolute Gasteiger partial charge is 0.508 e. The Morgan fingerprint density at radius 1 is 0.964 bits per heavy atom. The van der Waals surface area contributed by atoms with Crippen molar-refractivity contribution in [2.75, 3.05) is 5.32 Å². The first-order valence-corrected chi connectivity index (χ1v) is 8.50. The molecule has 0 unspecified atom stereocenters. The monoisotopic (exact) mass is 372 g/mol. The minimum Gasteiger partial charge on any atom is -0.508 e. The molecule has 4 rings (SSSR count). The number of hydrogen-bond donors (Lipinski definition) is 3. The van der Waals surface area contributed by atoms with Gasteiger partial charge in [0.25, 0.3) is 5.91 Å². The average Bonchev–Trinajstić information content (AvgIpc) is 3.19. The first kappa shape index (κ1) is 17.3. The van der Waals surface area contributed by atoms with Gasteiger partial charge in [0, 0.05) is 29.7 Å². The minimum absolute atomic E-state index is 0.0129. The third kappa shape index (κ3) is 3.41. The number of amides is 1. The Hall–Kier alpha value is -4.13. The summed E-state index contributed by atoms with van der Waals surface area (Å²) in [4.78, 5) is 16.2. The van der Waals surface area contributed by atoms with Crippen LogP contribution in [0.2, 0.25) is 0 Å². The highest BCUT2D eigenvalue weighted by Gasteiger charge is 2.12. The third-order valence-corrected chi connectivity index (χ3v) is 4.19. The zero-order valence-corrected chi connectivity index (χ0v) is 14.6. The van der Waals surface area contributed by atoms with Crippen molar-refractivity contribution < 1.29 is 15.0 Å². The molecule has 138 valence electrons. The Morgan fingerprint density at radius 3 is 2.50 bits per heavy atom. The SMILES string of the molecule is O=C(Nc1ccc(-n2nccc2-c2ccc(O)cc2O)cc1)c1cccnc1. The van der Waals surface area contributed by atoms with Gasteiger partial charge >= 0.3 is 0 Å². The summed E-state index contributed by atoms with van der Waals surface area (Å²) < 4.78 is 1.67. The van der Waals surface area contributed by atoms with Gasteiger partial charge in [-0.05, 0) is 54.6 Å². The second-order valence-corrected chi connectivity index (χ2v) is 6.07. The highest BCUT2D eigenvalue weighted by Crippen LogP contribution is 2.33. The molecule has 2 aromatic carbocycles. The number of pyridine rings is 1. The van der Waals surface area contributed by atoms with E-state index in [9.17, 15) is 15.0 Å². The molecular formula is C21H16N4O3. The van der Waals surface area contributed by atoms with Crippen LogP contribution < -0.4 is 5.32 Å². The van der Waals surface area contributed by atoms with E-state index in [4.69, 9.17) is 0 Å². The van der Waals surface area contributed by atoms with Crippen molar-refractivity contribution >= 4 is 11.6 Å². The van der Waals surface area contributed by atoms with Gasteiger partial charge in [0.2, 0.25) is 0 Å². The van der Waals surface area contributed by atoms with E-state index in [0.717, 1.165) is 5.69 Å². The van der Waals surface area contributed by atoms with Gasteiger partial charge in [-0.2, -0.15) is 5.10 Å². The fourth-order valence-corrected chi connectivity index (χ4v) is 2.84. The Bertz CT molecular complexity index is 1120. The summed E-state index contributed by atoms with van der Waals surface area (Å²) in [6, 6.07) is 16.7. The standard InChI is InChI=1S/C21H16N4O3/c26-17-7-8-18(20(27)12-17)19-9-11-23-25(19)16-5-3-15(4-6-16)24-21(28)14-2-1-10-22-13-14/h1-13,26-27H,(H,24,28). The number of nitrogens with zero attached hydrogens (tertiary/aromatic N) is 3. The molecule has 0 saturated carbocycles. The van der Waals surface area contributed by atoms with Crippen LogP contribution in [0.1, 0.15) is 10.4 Å². The number of aromatic nitrogens is 3. The molecule has 2 heterocycles. The molecular weight excluding hydrogens is 356 g/mol. The topological polar surface area (TPSA) is 100 Å². The summed E-state index contributed by atoms with van der Waals surface area (Å²) in [5.74, 6) is -0.294. The van der Waals surface area contributed by atoms with Crippen LogP contribution in [0.3, 0.4) is 0 Å². The number of anilines is 1. The molecule has 28 heavy (non-hydrogen) atoms. The number of phenolic OH excluding ortho intramolecular Hbond substituents is 2. The van der Waals surface area contributed by atoms with E-state index in [1.54, 1.807) is 53.5 Å². The molecule has 0 aliphatic rings. The lowest BCUT2D eigenvalue weighted by atomic mass is 10.1. The smallest absolute Gasteiger partial charge is 0.257 e. The summed E-state index contributed by atoms with van der Waals surface area (Å²) in [6.07, 6.45) is 4.74. The predicted molar refractivity (Wildman–Crippen MR) is 105 cm³/mol. The van der Waals surface area contributed by atoms with Crippen molar-refractivity contribution in [3.63, 3.8) is 0 Å². The Morgan fingerprint density at radius 2 is 1.79 bits per heavy atom. The molecule has 0 aliphatic carbocycles. The highest BCUT2D eigenvalue weighted by molar-refractivity contribution is 6.04. The number of phenols is 2. The number of hydrogen-bond acceptors (Lipinski definition) is 5. The first-order chi connectivity index (χ1) is 13.6. The fraction of sp³-hybridized carbons (Fsp3) is 0. The number of rotatable bonds is 4. The lowest BCUT2D eigenvalue weighted by Gasteiger charge is -2.11. The second kappa shape index (κ2) is 7.24. The van der Waals surface area contributed by atoms with Crippen molar-refractivity contribution in [2.45, 2.75) is 0 Å². The molecule has 7 heteroatoms. The lowest BCUT2D eigenvalue weighted by Crippen LogP contribution is -2.12. The number of benzene rings is 2. The van der Waals surface area contributed by atoms with Crippen molar-refractivity contribution in [2.24, 2.45) is 0 Å². The van der Waals surface area contributed by atoms with Gasteiger partial charge in [0.05, 0.1) is 23.1 Å². The van der Waals surface area contributed by atoms with Crippen LogP contribution >= 0.6 is 0 Å². The Kier molecular flexibility index (Phi) is 4.47. The second-order valence-electron chi connectivity index (χ2n) is 6.07. The summed E-state index contributed by atoms with van der Waals surface area (Å²) in [5, 5.41) is 26.7. The molecule has 4 aromatic rings. The summed E-state index contributed by atoms with van der Waals surface area (Å²) in [6.45, 7) is 0. The minimum atomic E-state index is -0.241. The Balaban J connectivity index is 1.59. The average molecular weight is 372 g/mol. The summed E-state index contributed by atoms with van der Waals surface area (Å²) in [5.41, 5.74) is 3.09. The third-order valence-electron chi connectivity index (χ3n) is 4.19. The van der Waals surface area contributed by atoms with Crippen molar-refractivity contribution in [1.29, 1.82) is 0 Å². The van der Waals surface area contributed by atoms with E-state index in [1.807, 2.05) is 12.1 Å². The zero-order chi connectivity index (χ0) is 19.5. The van der Waals surface area contributed by atoms with Gasteiger partial charge in [0.1, 0.15) is 11.5 Å². The van der Waals surface area contributed by atoms with Gasteiger partial charge in [-0.15, -0.1) is 0 Å². The van der Waals surface area contributed by atoms with E-state index < -0.39 is 0 Å². The molecule has 0 spiro atoms. The van der Waals surface area contributed by atoms with E-state index in [0.29, 0.717) is 22.5 Å². The molecule has 2 aromatic heterocycles. The molecule has 0 aliphatic heterocycles. The zero-order valence-electron chi connectivity index (χ0n) is 14.6. The van der Waals surface area contributed by atoms with E-state index in [-0.39, 0.29) is 17.4 Å². The molecule has 0 saturated heterocycles. The van der Waals surface area contributed by atoms with Crippen LogP contribution in [-0.4, -0.2) is 30.9 Å². The van der Waals surface area contributed by atoms with Gasteiger partial charge in [-0.1, -0.05) is 0 Å². The normalized spacial score (nSPS) is 10.6. The Labute approximate surface area is 160 Å². The number of carbonyl (C=O) groups excluding carboxylic acids is 1. The van der Waals surface area contributed by atoms with Crippen molar-refractivity contribution in [3.8, 4) is 28.4 Å². The molecule has 0 radical (unpaired) electrons. The quantitative estimate of drug-likeness (QED) is 0.508. The van der Waals surface area contributed by atoms with E-state index in [1.165, 1.54) is 18.3 Å². The molecule has 7 nitrogen and oxygen atoms in total. The van der Waals surface area contributed by atoms with Gasteiger partial charge in [0.15, 0.2) is 0 Å². The summed E-state index contributed by atoms with van der Waals surface area (Å²) in [7, 11) is 0. The van der Waals surface area contributed by atoms with E-state index in [2.05, 4.69) is 15.4 Å². The maximum absolute atomic E-state index is 12.2. The molecule has 1 amide bonds. The van der Waals surface area contributed by atoms with Crippen LogP contribution in [0.5, 0.6) is 11.5 Å². The van der Waals surface area contributed by atoms with Crippen LogP contribution in [0.25, 0.3) is 16.9 Å². The van der Waals surface area contributed by atoms with Gasteiger partial charge in [-0.25, -0.2) is 4.68 Å². The molecule has 0 atom stereocenters. The molecule has 0 fully saturated rings. The van der Waals surface area contributed by atoms with Crippen LogP contribution in [0.4, 0.5) is 5.69 Å². The highest BCUT2D eigenvalue weighted by atomic mass is 16.3. The number of carbonyl (C=O) groups is 1. The fourth-order valence-electron chi connectivity index (χ4n) is 2.84. The predicted octanol–water partition coefficient (Wildman–Crippen LogP) is 3.60. The van der Waals surface area contributed by atoms with Crippen molar-refractivity contribution in [1.82, 2.24) is 14.8 Å².